The molecule has 1 atom stereocenters. The van der Waals surface area contributed by atoms with Crippen molar-refractivity contribution in [1.29, 1.82) is 0 Å². The fourth-order valence-corrected chi connectivity index (χ4v) is 2.06. The molecule has 0 bridgehead atoms. The fourth-order valence-electron chi connectivity index (χ4n) is 1.40. The van der Waals surface area contributed by atoms with E-state index >= 15 is 0 Å². The highest BCUT2D eigenvalue weighted by atomic mass is 127. The largest absolute Gasteiger partial charge is 0.379 e. The van der Waals surface area contributed by atoms with E-state index in [1.165, 1.54) is 9.26 Å². The number of hydrogen-bond acceptors (Lipinski definition) is 2. The van der Waals surface area contributed by atoms with E-state index in [1.54, 1.807) is 0 Å². The minimum absolute atomic E-state index is 0.464. The van der Waals surface area contributed by atoms with Gasteiger partial charge in [0.2, 0.25) is 0 Å². The third-order valence-electron chi connectivity index (χ3n) is 2.15. The summed E-state index contributed by atoms with van der Waals surface area (Å²) in [5.41, 5.74) is 1.25. The van der Waals surface area contributed by atoms with Crippen molar-refractivity contribution < 1.29 is 4.74 Å². The third-order valence-corrected chi connectivity index (χ3v) is 3.50. The molecule has 2 rings (SSSR count). The Kier molecular flexibility index (Phi) is 2.36. The summed E-state index contributed by atoms with van der Waals surface area (Å²) in [5, 5.41) is 4.33. The Balaban J connectivity index is 2.26. The molecular formula is C8H11IN2O. The molecule has 1 aliphatic heterocycles. The van der Waals surface area contributed by atoms with Gasteiger partial charge in [0.15, 0.2) is 0 Å². The molecule has 66 valence electrons. The van der Waals surface area contributed by atoms with Gasteiger partial charge in [0.1, 0.15) is 3.70 Å². The van der Waals surface area contributed by atoms with Crippen molar-refractivity contribution in [2.24, 2.45) is 0 Å². The number of aromatic nitrogens is 2. The van der Waals surface area contributed by atoms with Gasteiger partial charge in [-0.2, -0.15) is 5.10 Å². The van der Waals surface area contributed by atoms with E-state index in [9.17, 15) is 0 Å². The van der Waals surface area contributed by atoms with E-state index < -0.39 is 0 Å². The van der Waals surface area contributed by atoms with Crippen LogP contribution in [0.5, 0.6) is 0 Å². The second kappa shape index (κ2) is 3.33. The van der Waals surface area contributed by atoms with E-state index in [-0.39, 0.29) is 0 Å². The quantitative estimate of drug-likeness (QED) is 0.732. The highest BCUT2D eigenvalue weighted by Gasteiger charge is 2.20. The molecule has 0 saturated carbocycles. The van der Waals surface area contributed by atoms with E-state index in [2.05, 4.69) is 39.3 Å². The Morgan fingerprint density at radius 2 is 2.58 bits per heavy atom. The first-order valence-corrected chi connectivity index (χ1v) is 5.14. The lowest BCUT2D eigenvalue weighted by Crippen LogP contribution is -2.11. The van der Waals surface area contributed by atoms with Crippen LogP contribution in [0.25, 0.3) is 0 Å². The molecule has 0 amide bonds. The smallest absolute Gasteiger partial charge is 0.102 e. The molecule has 0 aromatic carbocycles. The van der Waals surface area contributed by atoms with Gasteiger partial charge in [0, 0.05) is 12.2 Å². The first kappa shape index (κ1) is 8.50. The average Bonchev–Trinajstić information content (AvgIpc) is 2.64. The van der Waals surface area contributed by atoms with Crippen LogP contribution in [0.1, 0.15) is 18.0 Å². The normalized spacial score (nSPS) is 23.3. The second-order valence-corrected chi connectivity index (χ2v) is 4.10. The maximum absolute atomic E-state index is 5.31. The Hall–Kier alpha value is -0.100. The second-order valence-electron chi connectivity index (χ2n) is 3.08. The van der Waals surface area contributed by atoms with Gasteiger partial charge < -0.3 is 4.74 Å². The van der Waals surface area contributed by atoms with Crippen LogP contribution in [0.4, 0.5) is 0 Å². The molecule has 1 fully saturated rings. The van der Waals surface area contributed by atoms with Gasteiger partial charge in [-0.15, -0.1) is 0 Å². The molecule has 3 nitrogen and oxygen atoms in total. The molecule has 12 heavy (non-hydrogen) atoms. The first-order valence-electron chi connectivity index (χ1n) is 4.06. The SMILES string of the molecule is Cc1cnn([C@H]2CCOC2)c1I. The predicted octanol–water partition coefficient (Wildman–Crippen LogP) is 1.76. The molecule has 1 aromatic rings. The zero-order valence-corrected chi connectivity index (χ0v) is 9.11. The molecule has 2 heterocycles. The number of ether oxygens (including phenoxy) is 1. The van der Waals surface area contributed by atoms with Gasteiger partial charge in [-0.3, -0.25) is 4.68 Å². The Bertz CT molecular complexity index is 279. The number of nitrogens with zero attached hydrogens (tertiary/aromatic N) is 2. The van der Waals surface area contributed by atoms with Crippen LogP contribution in [-0.2, 0) is 4.74 Å². The van der Waals surface area contributed by atoms with E-state index in [0.717, 1.165) is 19.6 Å². The van der Waals surface area contributed by atoms with Crippen molar-refractivity contribution in [1.82, 2.24) is 9.78 Å². The van der Waals surface area contributed by atoms with Gasteiger partial charge >= 0.3 is 0 Å². The van der Waals surface area contributed by atoms with Crippen LogP contribution < -0.4 is 0 Å². The lowest BCUT2D eigenvalue weighted by Gasteiger charge is -2.09. The van der Waals surface area contributed by atoms with E-state index in [4.69, 9.17) is 4.74 Å². The van der Waals surface area contributed by atoms with Crippen molar-refractivity contribution in [3.8, 4) is 0 Å². The lowest BCUT2D eigenvalue weighted by molar-refractivity contribution is 0.184. The zero-order valence-electron chi connectivity index (χ0n) is 6.96. The molecule has 1 aliphatic rings. The minimum atomic E-state index is 0.464. The molecule has 0 radical (unpaired) electrons. The van der Waals surface area contributed by atoms with E-state index in [1.807, 2.05) is 6.20 Å². The monoisotopic (exact) mass is 278 g/mol. The maximum Gasteiger partial charge on any atom is 0.102 e. The summed E-state index contributed by atoms with van der Waals surface area (Å²) in [6.07, 6.45) is 3.01. The number of rotatable bonds is 1. The zero-order chi connectivity index (χ0) is 8.55. The highest BCUT2D eigenvalue weighted by Crippen LogP contribution is 2.22. The summed E-state index contributed by atoms with van der Waals surface area (Å²) in [6, 6.07) is 0.464. The minimum Gasteiger partial charge on any atom is -0.379 e. The lowest BCUT2D eigenvalue weighted by atomic mass is 10.3. The summed E-state index contributed by atoms with van der Waals surface area (Å²) in [6.45, 7) is 3.78. The topological polar surface area (TPSA) is 27.1 Å². The number of halogens is 1. The van der Waals surface area contributed by atoms with Crippen LogP contribution in [0.2, 0.25) is 0 Å². The molecule has 0 aliphatic carbocycles. The molecule has 0 N–H and O–H groups in total. The first-order chi connectivity index (χ1) is 5.79. The fraction of sp³-hybridized carbons (Fsp3) is 0.625. The van der Waals surface area contributed by atoms with Gasteiger partial charge in [0.05, 0.1) is 18.8 Å². The molecular weight excluding hydrogens is 267 g/mol. The van der Waals surface area contributed by atoms with Crippen molar-refractivity contribution in [2.45, 2.75) is 19.4 Å². The maximum atomic E-state index is 5.31. The van der Waals surface area contributed by atoms with Crippen molar-refractivity contribution >= 4 is 22.6 Å². The van der Waals surface area contributed by atoms with Crippen LogP contribution in [-0.4, -0.2) is 23.0 Å². The summed E-state index contributed by atoms with van der Waals surface area (Å²) >= 11 is 2.33. The van der Waals surface area contributed by atoms with Crippen LogP contribution in [0.3, 0.4) is 0 Å². The average molecular weight is 278 g/mol. The summed E-state index contributed by atoms with van der Waals surface area (Å²) in [5.74, 6) is 0. The summed E-state index contributed by atoms with van der Waals surface area (Å²) < 4.78 is 8.62. The van der Waals surface area contributed by atoms with Crippen molar-refractivity contribution in [2.75, 3.05) is 13.2 Å². The van der Waals surface area contributed by atoms with Gasteiger partial charge in [0.25, 0.3) is 0 Å². The predicted molar refractivity (Wildman–Crippen MR) is 54.2 cm³/mol. The van der Waals surface area contributed by atoms with E-state index in [0.29, 0.717) is 6.04 Å². The molecule has 0 unspecified atom stereocenters. The summed E-state index contributed by atoms with van der Waals surface area (Å²) in [7, 11) is 0. The molecule has 1 aromatic heterocycles. The highest BCUT2D eigenvalue weighted by molar-refractivity contribution is 14.1. The van der Waals surface area contributed by atoms with Crippen molar-refractivity contribution in [3.63, 3.8) is 0 Å². The molecule has 1 saturated heterocycles. The van der Waals surface area contributed by atoms with Gasteiger partial charge in [-0.25, -0.2) is 0 Å². The third kappa shape index (κ3) is 1.37. The van der Waals surface area contributed by atoms with Crippen LogP contribution >= 0.6 is 22.6 Å². The molecule has 4 heteroatoms. The Morgan fingerprint density at radius 3 is 3.08 bits per heavy atom. The number of hydrogen-bond donors (Lipinski definition) is 0. The number of aryl methyl sites for hydroxylation is 1. The molecule has 0 spiro atoms. The van der Waals surface area contributed by atoms with Crippen LogP contribution in [0, 0.1) is 10.6 Å². The summed E-state index contributed by atoms with van der Waals surface area (Å²) in [4.78, 5) is 0. The van der Waals surface area contributed by atoms with Crippen LogP contribution in [0.15, 0.2) is 6.20 Å². The standard InChI is InChI=1S/C8H11IN2O/c1-6-4-10-11(8(6)9)7-2-3-12-5-7/h4,7H,2-3,5H2,1H3/t7-/m0/s1. The van der Waals surface area contributed by atoms with Gasteiger partial charge in [-0.05, 0) is 35.9 Å². The van der Waals surface area contributed by atoms with Crippen molar-refractivity contribution in [3.05, 3.63) is 15.5 Å². The van der Waals surface area contributed by atoms with Gasteiger partial charge in [-0.1, -0.05) is 0 Å². The Morgan fingerprint density at radius 1 is 1.75 bits per heavy atom. The Labute approximate surface area is 85.2 Å².